The fourth-order valence-electron chi connectivity index (χ4n) is 0. The Bertz CT molecular complexity index is 24.3. The molecule has 0 heterocycles. The molecule has 0 aliphatic heterocycles. The van der Waals surface area contributed by atoms with Gasteiger partial charge in [-0.15, -0.1) is 0 Å². The molecule has 0 amide bonds. The standard InChI is InChI=1S/Ag.H2N3/c;1-3-2/h;1-2H/q;+1. The largest absolute Gasteiger partial charge is 0.211 e. The number of nitrogens with one attached hydrogen (secondary N) is 2. The van der Waals surface area contributed by atoms with Crippen LogP contribution < -0.4 is 4.91 Å². The summed E-state index contributed by atoms with van der Waals surface area (Å²) in [4.78, 5) is 2.00. The van der Waals surface area contributed by atoms with Crippen LogP contribution >= 0.6 is 0 Å². The third-order valence-electron chi connectivity index (χ3n) is 0. The SMILES string of the molecule is N=[N+]=N.[Ag]. The van der Waals surface area contributed by atoms with Crippen LogP contribution in [0.5, 0.6) is 0 Å². The molecule has 0 aromatic carbocycles. The van der Waals surface area contributed by atoms with Crippen LogP contribution in [-0.2, 0) is 22.4 Å². The zero-order valence-electron chi connectivity index (χ0n) is 1.75. The Hall–Kier alpha value is 0.0503. The van der Waals surface area contributed by atoms with Crippen LogP contribution in [0.2, 0.25) is 0 Å². The summed E-state index contributed by atoms with van der Waals surface area (Å²) in [7, 11) is 0. The van der Waals surface area contributed by atoms with E-state index in [4.69, 9.17) is 11.1 Å². The molecule has 0 aromatic rings. The first kappa shape index (κ1) is 8.96. The molecular weight excluding hydrogens is 150 g/mol. The van der Waals surface area contributed by atoms with Crippen LogP contribution in [0.15, 0.2) is 0 Å². The topological polar surface area (TPSA) is 61.8 Å². The fourth-order valence-corrected chi connectivity index (χ4v) is 0. The minimum Gasteiger partial charge on any atom is 0 e. The Morgan fingerprint density at radius 3 is 1.25 bits per heavy atom. The molecule has 0 saturated heterocycles. The third-order valence-corrected chi connectivity index (χ3v) is 0. The van der Waals surface area contributed by atoms with E-state index in [1.165, 1.54) is 0 Å². The van der Waals surface area contributed by atoms with Gasteiger partial charge in [-0.1, -0.05) is 0 Å². The Kier molecular flexibility index (Phi) is 26.1. The molecule has 0 spiro atoms. The van der Waals surface area contributed by atoms with Gasteiger partial charge < -0.3 is 0 Å². The minimum atomic E-state index is 0. The number of hydrogen-bond acceptors (Lipinski definition) is 2. The van der Waals surface area contributed by atoms with Gasteiger partial charge in [0.1, 0.15) is 11.1 Å². The van der Waals surface area contributed by atoms with Crippen LogP contribution in [0, 0.1) is 11.1 Å². The first-order valence-corrected chi connectivity index (χ1v) is 0.447. The van der Waals surface area contributed by atoms with Crippen molar-refractivity contribution < 1.29 is 22.4 Å². The molecule has 1 radical (unpaired) electrons. The van der Waals surface area contributed by atoms with Gasteiger partial charge in [0.05, 0.1) is 0 Å². The van der Waals surface area contributed by atoms with Crippen molar-refractivity contribution in [2.45, 2.75) is 0 Å². The van der Waals surface area contributed by atoms with Gasteiger partial charge >= 0.3 is 0 Å². The molecule has 27 valence electrons. The van der Waals surface area contributed by atoms with Crippen molar-refractivity contribution in [3.05, 3.63) is 0 Å². The predicted octanol–water partition coefficient (Wildman–Crippen LogP) is 0.113. The second-order valence-electron chi connectivity index (χ2n) is 0.112. The Morgan fingerprint density at radius 1 is 1.25 bits per heavy atom. The van der Waals surface area contributed by atoms with Crippen molar-refractivity contribution in [2.75, 3.05) is 0 Å². The van der Waals surface area contributed by atoms with Gasteiger partial charge in [0.15, 0.2) is 0 Å². The van der Waals surface area contributed by atoms with Crippen LogP contribution in [0.3, 0.4) is 0 Å². The van der Waals surface area contributed by atoms with E-state index >= 15 is 0 Å². The quantitative estimate of drug-likeness (QED) is 0.281. The van der Waals surface area contributed by atoms with Crippen LogP contribution in [-0.4, -0.2) is 0 Å². The average molecular weight is 152 g/mol. The second-order valence-corrected chi connectivity index (χ2v) is 0.112. The van der Waals surface area contributed by atoms with Crippen molar-refractivity contribution in [3.63, 3.8) is 0 Å². The number of hydrogen-bond donors (Lipinski definition) is 2. The van der Waals surface area contributed by atoms with Gasteiger partial charge in [0.25, 0.3) is 0 Å². The fraction of sp³-hybridized carbons (Fsp3) is 0. The first-order valence-electron chi connectivity index (χ1n) is 0.447. The van der Waals surface area contributed by atoms with Crippen molar-refractivity contribution in [1.29, 1.82) is 11.1 Å². The smallest absolute Gasteiger partial charge is 0 e. The molecule has 4 heavy (non-hydrogen) atoms. The van der Waals surface area contributed by atoms with E-state index in [0.717, 1.165) is 0 Å². The molecule has 0 atom stereocenters. The van der Waals surface area contributed by atoms with Crippen molar-refractivity contribution in [2.24, 2.45) is 0 Å². The molecule has 0 unspecified atom stereocenters. The first-order chi connectivity index (χ1) is 1.41. The summed E-state index contributed by atoms with van der Waals surface area (Å²) in [6, 6.07) is 0. The van der Waals surface area contributed by atoms with E-state index in [1.54, 1.807) is 0 Å². The molecule has 2 N–H and O–H groups in total. The van der Waals surface area contributed by atoms with Gasteiger partial charge in [0.2, 0.25) is 4.91 Å². The normalized spacial score (nSPS) is 2.00. The maximum absolute atomic E-state index is 5.50. The zero-order chi connectivity index (χ0) is 2.71. The van der Waals surface area contributed by atoms with Crippen molar-refractivity contribution in [3.8, 4) is 0 Å². The molecule has 0 saturated carbocycles. The van der Waals surface area contributed by atoms with Crippen LogP contribution in [0.4, 0.5) is 0 Å². The average Bonchev–Trinajstić information content (AvgIpc) is 0.918. The van der Waals surface area contributed by atoms with E-state index in [-0.39, 0.29) is 22.4 Å². The maximum atomic E-state index is 5.50. The van der Waals surface area contributed by atoms with Crippen LogP contribution in [0.25, 0.3) is 0 Å². The van der Waals surface area contributed by atoms with E-state index < -0.39 is 0 Å². The summed E-state index contributed by atoms with van der Waals surface area (Å²) >= 11 is 0. The Morgan fingerprint density at radius 2 is 1.25 bits per heavy atom. The van der Waals surface area contributed by atoms with Crippen molar-refractivity contribution >= 4 is 0 Å². The van der Waals surface area contributed by atoms with Gasteiger partial charge in [-0.3, -0.25) is 0 Å². The maximum Gasteiger partial charge on any atom is 0.211 e. The van der Waals surface area contributed by atoms with E-state index in [2.05, 4.69) is 0 Å². The summed E-state index contributed by atoms with van der Waals surface area (Å²) in [5, 5.41) is 0. The molecular formula is H2AgN3+. The molecule has 0 aliphatic rings. The summed E-state index contributed by atoms with van der Waals surface area (Å²) in [6.07, 6.45) is 0. The molecule has 4 heteroatoms. The molecule has 3 nitrogen and oxygen atoms in total. The van der Waals surface area contributed by atoms with Gasteiger partial charge in [-0.05, 0) is 0 Å². The molecule has 0 aliphatic carbocycles. The van der Waals surface area contributed by atoms with E-state index in [9.17, 15) is 0 Å². The monoisotopic (exact) mass is 151 g/mol. The Balaban J connectivity index is 0. The number of nitrogens with zero attached hydrogens (tertiary/aromatic N) is 1. The molecule has 0 fully saturated rings. The predicted molar refractivity (Wildman–Crippen MR) is 7.57 cm³/mol. The van der Waals surface area contributed by atoms with E-state index in [1.807, 2.05) is 4.91 Å². The van der Waals surface area contributed by atoms with Crippen molar-refractivity contribution in [1.82, 2.24) is 4.91 Å². The molecule has 0 rings (SSSR count). The second kappa shape index (κ2) is 11.6. The van der Waals surface area contributed by atoms with Crippen LogP contribution in [0.1, 0.15) is 0 Å². The summed E-state index contributed by atoms with van der Waals surface area (Å²) in [6.45, 7) is 0. The summed E-state index contributed by atoms with van der Waals surface area (Å²) in [5.74, 6) is 0. The summed E-state index contributed by atoms with van der Waals surface area (Å²) < 4.78 is 0. The van der Waals surface area contributed by atoms with Gasteiger partial charge in [-0.25, -0.2) is 0 Å². The van der Waals surface area contributed by atoms with E-state index in [0.29, 0.717) is 0 Å². The molecule has 0 aromatic heterocycles. The summed E-state index contributed by atoms with van der Waals surface area (Å²) in [5.41, 5.74) is 11.0. The zero-order valence-corrected chi connectivity index (χ0v) is 3.23. The molecule has 0 bridgehead atoms. The minimum absolute atomic E-state index is 0. The van der Waals surface area contributed by atoms with Gasteiger partial charge in [-0.2, -0.15) is 0 Å². The van der Waals surface area contributed by atoms with Gasteiger partial charge in [0, 0.05) is 22.4 Å². The number of rotatable bonds is 0. The third kappa shape index (κ3) is 895. The Labute approximate surface area is 38.9 Å².